The first-order valence-electron chi connectivity index (χ1n) is 4.69. The van der Waals surface area contributed by atoms with Gasteiger partial charge in [-0.3, -0.25) is 14.6 Å². The highest BCUT2D eigenvalue weighted by atomic mass is 16.2. The van der Waals surface area contributed by atoms with Gasteiger partial charge in [0.2, 0.25) is 0 Å². The number of aromatic amines is 1. The largest absolute Gasteiger partial charge is 0.396 e. The number of rotatable bonds is 2. The van der Waals surface area contributed by atoms with Gasteiger partial charge < -0.3 is 11.1 Å². The van der Waals surface area contributed by atoms with E-state index in [0.29, 0.717) is 11.5 Å². The van der Waals surface area contributed by atoms with E-state index in [-0.39, 0.29) is 11.6 Å². The van der Waals surface area contributed by atoms with Crippen molar-refractivity contribution < 1.29 is 4.79 Å². The van der Waals surface area contributed by atoms with E-state index in [0.717, 1.165) is 5.69 Å². The summed E-state index contributed by atoms with van der Waals surface area (Å²) in [7, 11) is 1.75. The van der Waals surface area contributed by atoms with Crippen molar-refractivity contribution in [1.29, 1.82) is 0 Å². The summed E-state index contributed by atoms with van der Waals surface area (Å²) in [4.78, 5) is 11.8. The fourth-order valence-electron chi connectivity index (χ4n) is 1.38. The third-order valence-corrected chi connectivity index (χ3v) is 2.14. The lowest BCUT2D eigenvalue weighted by molar-refractivity contribution is 0.102. The van der Waals surface area contributed by atoms with Gasteiger partial charge in [0.15, 0.2) is 0 Å². The molecule has 0 radical (unpaired) electrons. The lowest BCUT2D eigenvalue weighted by Gasteiger charge is -2.03. The van der Waals surface area contributed by atoms with Crippen molar-refractivity contribution in [3.63, 3.8) is 0 Å². The molecule has 2 aromatic heterocycles. The summed E-state index contributed by atoms with van der Waals surface area (Å²) in [6.45, 7) is 1.85. The topological polar surface area (TPSA) is 102 Å². The van der Waals surface area contributed by atoms with Gasteiger partial charge in [-0.1, -0.05) is 0 Å². The average Bonchev–Trinajstić information content (AvgIpc) is 2.74. The number of hydrogen-bond donors (Lipinski definition) is 3. The lowest BCUT2D eigenvalue weighted by atomic mass is 10.3. The molecule has 0 unspecified atom stereocenters. The molecule has 1 amide bonds. The average molecular weight is 220 g/mol. The maximum Gasteiger partial charge on any atom is 0.276 e. The summed E-state index contributed by atoms with van der Waals surface area (Å²) < 4.78 is 1.58. The van der Waals surface area contributed by atoms with Gasteiger partial charge in [-0.25, -0.2) is 0 Å². The van der Waals surface area contributed by atoms with Gasteiger partial charge in [0.1, 0.15) is 11.5 Å². The van der Waals surface area contributed by atoms with Crippen LogP contribution in [0.1, 0.15) is 16.2 Å². The van der Waals surface area contributed by atoms with Crippen LogP contribution in [-0.4, -0.2) is 25.9 Å². The van der Waals surface area contributed by atoms with Crippen molar-refractivity contribution >= 4 is 17.4 Å². The predicted octanol–water partition coefficient (Wildman–Crippen LogP) is 0.286. The summed E-state index contributed by atoms with van der Waals surface area (Å²) in [5.41, 5.74) is 6.96. The number of hydrogen-bond acceptors (Lipinski definition) is 4. The first-order valence-corrected chi connectivity index (χ1v) is 4.69. The number of nitrogen functional groups attached to an aromatic ring is 1. The number of carbonyl (C=O) groups excluding carboxylic acids is 1. The van der Waals surface area contributed by atoms with Gasteiger partial charge in [-0.05, 0) is 6.92 Å². The van der Waals surface area contributed by atoms with Crippen LogP contribution in [-0.2, 0) is 7.05 Å². The Hall–Kier alpha value is -2.31. The van der Waals surface area contributed by atoms with Gasteiger partial charge in [0.25, 0.3) is 5.91 Å². The Labute approximate surface area is 91.6 Å². The number of anilines is 2. The Balaban J connectivity index is 2.20. The third kappa shape index (κ3) is 1.74. The molecule has 2 aromatic rings. The molecule has 0 bridgehead atoms. The van der Waals surface area contributed by atoms with Crippen LogP contribution in [0.25, 0.3) is 0 Å². The van der Waals surface area contributed by atoms with Gasteiger partial charge in [0.05, 0.1) is 17.6 Å². The highest BCUT2D eigenvalue weighted by Crippen LogP contribution is 2.12. The molecule has 2 rings (SSSR count). The SMILES string of the molecule is Cc1cc(NC(=O)c2[nH]ncc2N)n(C)n1. The number of H-pyrrole nitrogens is 1. The highest BCUT2D eigenvalue weighted by molar-refractivity contribution is 6.05. The molecule has 0 atom stereocenters. The predicted molar refractivity (Wildman–Crippen MR) is 58.9 cm³/mol. The minimum Gasteiger partial charge on any atom is -0.396 e. The summed E-state index contributed by atoms with van der Waals surface area (Å²) in [6, 6.07) is 1.77. The highest BCUT2D eigenvalue weighted by Gasteiger charge is 2.13. The first-order chi connectivity index (χ1) is 7.58. The van der Waals surface area contributed by atoms with E-state index in [1.54, 1.807) is 17.8 Å². The molecule has 84 valence electrons. The number of nitrogens with one attached hydrogen (secondary N) is 2. The van der Waals surface area contributed by atoms with Crippen LogP contribution in [0, 0.1) is 6.92 Å². The molecule has 2 heterocycles. The normalized spacial score (nSPS) is 10.4. The van der Waals surface area contributed by atoms with E-state index in [4.69, 9.17) is 5.73 Å². The minimum atomic E-state index is -0.335. The van der Waals surface area contributed by atoms with E-state index in [1.807, 2.05) is 6.92 Å². The summed E-state index contributed by atoms with van der Waals surface area (Å²) in [6.07, 6.45) is 1.39. The molecule has 0 aliphatic rings. The van der Waals surface area contributed by atoms with Crippen molar-refractivity contribution in [3.05, 3.63) is 23.7 Å². The van der Waals surface area contributed by atoms with Crippen LogP contribution in [0.3, 0.4) is 0 Å². The van der Waals surface area contributed by atoms with Crippen molar-refractivity contribution in [1.82, 2.24) is 20.0 Å². The molecule has 0 fully saturated rings. The molecule has 0 aromatic carbocycles. The number of carbonyl (C=O) groups is 1. The zero-order chi connectivity index (χ0) is 11.7. The second-order valence-corrected chi connectivity index (χ2v) is 3.45. The fourth-order valence-corrected chi connectivity index (χ4v) is 1.38. The summed E-state index contributed by atoms with van der Waals surface area (Å²) in [5.74, 6) is 0.273. The van der Waals surface area contributed by atoms with Crippen LogP contribution in [0.4, 0.5) is 11.5 Å². The van der Waals surface area contributed by atoms with Gasteiger partial charge in [0, 0.05) is 13.1 Å². The van der Waals surface area contributed by atoms with Crippen molar-refractivity contribution in [2.75, 3.05) is 11.1 Å². The fraction of sp³-hybridized carbons (Fsp3) is 0.222. The Morgan fingerprint density at radius 1 is 1.62 bits per heavy atom. The number of nitrogens with two attached hydrogens (primary N) is 1. The van der Waals surface area contributed by atoms with Crippen molar-refractivity contribution in [3.8, 4) is 0 Å². The standard InChI is InChI=1S/C9H12N6O/c1-5-3-7(15(2)14-5)12-9(16)8-6(10)4-11-13-8/h3-4H,10H2,1-2H3,(H,11,13)(H,12,16). The third-order valence-electron chi connectivity index (χ3n) is 2.14. The Kier molecular flexibility index (Phi) is 2.35. The molecule has 4 N–H and O–H groups in total. The molecule has 0 aliphatic heterocycles. The monoisotopic (exact) mass is 220 g/mol. The number of amides is 1. The van der Waals surface area contributed by atoms with Crippen LogP contribution in [0.5, 0.6) is 0 Å². The van der Waals surface area contributed by atoms with E-state index in [1.165, 1.54) is 6.20 Å². The van der Waals surface area contributed by atoms with Gasteiger partial charge >= 0.3 is 0 Å². The van der Waals surface area contributed by atoms with Crippen LogP contribution in [0.2, 0.25) is 0 Å². The summed E-state index contributed by atoms with van der Waals surface area (Å²) >= 11 is 0. The smallest absolute Gasteiger partial charge is 0.276 e. The maximum atomic E-state index is 11.8. The zero-order valence-corrected chi connectivity index (χ0v) is 8.98. The van der Waals surface area contributed by atoms with E-state index < -0.39 is 0 Å². The lowest BCUT2D eigenvalue weighted by Crippen LogP contribution is -2.16. The number of aryl methyl sites for hydroxylation is 2. The molecule has 7 heteroatoms. The molecule has 7 nitrogen and oxygen atoms in total. The number of aromatic nitrogens is 4. The molecule has 16 heavy (non-hydrogen) atoms. The quantitative estimate of drug-likeness (QED) is 0.676. The second kappa shape index (κ2) is 3.69. The maximum absolute atomic E-state index is 11.8. The molecular formula is C9H12N6O. The van der Waals surface area contributed by atoms with Gasteiger partial charge in [-0.15, -0.1) is 0 Å². The van der Waals surface area contributed by atoms with Gasteiger partial charge in [-0.2, -0.15) is 10.2 Å². The van der Waals surface area contributed by atoms with E-state index >= 15 is 0 Å². The van der Waals surface area contributed by atoms with Crippen LogP contribution < -0.4 is 11.1 Å². The zero-order valence-electron chi connectivity index (χ0n) is 8.98. The Morgan fingerprint density at radius 2 is 2.38 bits per heavy atom. The second-order valence-electron chi connectivity index (χ2n) is 3.45. The molecule has 0 saturated carbocycles. The van der Waals surface area contributed by atoms with Crippen molar-refractivity contribution in [2.45, 2.75) is 6.92 Å². The number of nitrogens with zero attached hydrogens (tertiary/aromatic N) is 3. The molecular weight excluding hydrogens is 208 g/mol. The van der Waals surface area contributed by atoms with E-state index in [9.17, 15) is 4.79 Å². The Bertz CT molecular complexity index is 526. The first kappa shape index (κ1) is 10.2. The minimum absolute atomic E-state index is 0.249. The molecule has 0 spiro atoms. The molecule has 0 aliphatic carbocycles. The van der Waals surface area contributed by atoms with Crippen LogP contribution in [0.15, 0.2) is 12.3 Å². The summed E-state index contributed by atoms with van der Waals surface area (Å²) in [5, 5.41) is 13.0. The molecule has 0 saturated heterocycles. The Morgan fingerprint density at radius 3 is 2.88 bits per heavy atom. The van der Waals surface area contributed by atoms with Crippen LogP contribution >= 0.6 is 0 Å². The van der Waals surface area contributed by atoms with Crippen molar-refractivity contribution in [2.24, 2.45) is 7.05 Å². The van der Waals surface area contributed by atoms with E-state index in [2.05, 4.69) is 20.6 Å².